The fraction of sp³-hybridized carbons (Fsp3) is 0.611. The number of aromatic hydroxyl groups is 1. The van der Waals surface area contributed by atoms with Crippen molar-refractivity contribution in [3.63, 3.8) is 0 Å². The Bertz CT molecular complexity index is 641. The van der Waals surface area contributed by atoms with E-state index in [1.165, 1.54) is 0 Å². The van der Waals surface area contributed by atoms with Gasteiger partial charge in [-0.3, -0.25) is 0 Å². The van der Waals surface area contributed by atoms with Crippen molar-refractivity contribution >= 4 is 6.21 Å². The van der Waals surface area contributed by atoms with Gasteiger partial charge in [-0.1, -0.05) is 0 Å². The van der Waals surface area contributed by atoms with Crippen LogP contribution in [0.3, 0.4) is 0 Å². The molecule has 4 heteroatoms. The fourth-order valence-corrected chi connectivity index (χ4v) is 2.80. The van der Waals surface area contributed by atoms with Gasteiger partial charge in [0.15, 0.2) is 17.4 Å². The molecule has 4 nitrogen and oxygen atoms in total. The normalized spacial score (nSPS) is 22.2. The molecule has 1 aromatic carbocycles. The van der Waals surface area contributed by atoms with Crippen LogP contribution in [-0.4, -0.2) is 27.2 Å². The molecule has 1 aliphatic rings. The molecule has 0 aliphatic carbocycles. The van der Waals surface area contributed by atoms with E-state index in [1.54, 1.807) is 6.21 Å². The highest BCUT2D eigenvalue weighted by Crippen LogP contribution is 2.42. The lowest BCUT2D eigenvalue weighted by Crippen LogP contribution is -2.44. The Labute approximate surface area is 133 Å². The second-order valence-electron chi connectivity index (χ2n) is 7.57. The highest BCUT2D eigenvalue weighted by atomic mass is 16.5. The van der Waals surface area contributed by atoms with Crippen LogP contribution < -0.4 is 4.74 Å². The van der Waals surface area contributed by atoms with Crippen LogP contribution in [0.15, 0.2) is 0 Å². The van der Waals surface area contributed by atoms with Gasteiger partial charge in [-0.2, -0.15) is 0 Å². The largest absolute Gasteiger partial charge is 0.624 e. The Hall–Kier alpha value is -1.71. The number of benzene rings is 1. The summed E-state index contributed by atoms with van der Waals surface area (Å²) < 4.78 is 7.20. The van der Waals surface area contributed by atoms with Crippen LogP contribution in [-0.2, 0) is 6.42 Å². The number of hydroxylamine groups is 1. The van der Waals surface area contributed by atoms with E-state index < -0.39 is 11.1 Å². The molecular weight excluding hydrogens is 278 g/mol. The number of hydrogen-bond acceptors (Lipinski definition) is 3. The minimum absolute atomic E-state index is 0.354. The molecule has 0 amide bonds. The van der Waals surface area contributed by atoms with Gasteiger partial charge in [-0.05, 0) is 50.8 Å². The first kappa shape index (κ1) is 16.7. The predicted molar refractivity (Wildman–Crippen MR) is 89.1 cm³/mol. The number of phenols is 1. The van der Waals surface area contributed by atoms with E-state index in [-0.39, 0.29) is 0 Å². The molecule has 0 bridgehead atoms. The predicted octanol–water partition coefficient (Wildman–Crippen LogP) is 3.78. The van der Waals surface area contributed by atoms with Gasteiger partial charge in [0.1, 0.15) is 11.5 Å². The molecule has 1 N–H and O–H groups in total. The highest BCUT2D eigenvalue weighted by Gasteiger charge is 2.37. The molecule has 1 atom stereocenters. The first-order chi connectivity index (χ1) is 9.96. The third kappa shape index (κ3) is 2.79. The zero-order chi connectivity index (χ0) is 16.9. The van der Waals surface area contributed by atoms with Gasteiger partial charge >= 0.3 is 0 Å². The maximum Gasteiger partial charge on any atom is 0.195 e. The summed E-state index contributed by atoms with van der Waals surface area (Å²) in [5, 5.41) is 22.5. The van der Waals surface area contributed by atoms with E-state index in [4.69, 9.17) is 4.74 Å². The minimum atomic E-state index is -0.622. The smallest absolute Gasteiger partial charge is 0.195 e. The van der Waals surface area contributed by atoms with Gasteiger partial charge in [0.2, 0.25) is 0 Å². The van der Waals surface area contributed by atoms with Crippen molar-refractivity contribution in [1.29, 1.82) is 0 Å². The zero-order valence-corrected chi connectivity index (χ0v) is 14.7. The van der Waals surface area contributed by atoms with Crippen molar-refractivity contribution in [3.8, 4) is 11.5 Å². The molecule has 1 aromatic rings. The second kappa shape index (κ2) is 5.18. The summed E-state index contributed by atoms with van der Waals surface area (Å²) in [6.45, 7) is 13.4. The number of hydrogen-bond donors (Lipinski definition) is 1. The summed E-state index contributed by atoms with van der Waals surface area (Å²) in [6, 6.07) is 0. The average molecular weight is 305 g/mol. The van der Waals surface area contributed by atoms with Gasteiger partial charge in [0.05, 0.1) is 0 Å². The van der Waals surface area contributed by atoms with E-state index in [0.717, 1.165) is 45.6 Å². The molecule has 2 rings (SSSR count). The minimum Gasteiger partial charge on any atom is -0.624 e. The summed E-state index contributed by atoms with van der Waals surface area (Å²) in [4.78, 5) is 0. The second-order valence-corrected chi connectivity index (χ2v) is 7.57. The van der Waals surface area contributed by atoms with Crippen LogP contribution in [0.4, 0.5) is 0 Å². The lowest BCUT2D eigenvalue weighted by atomic mass is 9.87. The Balaban J connectivity index is 2.48. The van der Waals surface area contributed by atoms with Crippen LogP contribution in [0.2, 0.25) is 0 Å². The topological polar surface area (TPSA) is 55.5 Å². The molecule has 0 aromatic heterocycles. The standard InChI is InChI=1S/C18H27NO3/c1-11-12(2)16-14(13(3)15(11)20)8-9-18(7,22-16)10-19(21)17(4,5)6/h10,20H,8-9H2,1-7H3/b19-10-. The van der Waals surface area contributed by atoms with Crippen molar-refractivity contribution in [2.24, 2.45) is 0 Å². The molecule has 22 heavy (non-hydrogen) atoms. The van der Waals surface area contributed by atoms with E-state index in [2.05, 4.69) is 0 Å². The Kier molecular flexibility index (Phi) is 3.92. The SMILES string of the molecule is Cc1c(C)c2c(c(C)c1O)CCC(C)(/C=[N+](\[O-])C(C)(C)C)O2. The third-order valence-electron chi connectivity index (χ3n) is 4.60. The Morgan fingerprint density at radius 3 is 2.32 bits per heavy atom. The van der Waals surface area contributed by atoms with E-state index >= 15 is 0 Å². The highest BCUT2D eigenvalue weighted by molar-refractivity contribution is 5.67. The van der Waals surface area contributed by atoms with Crippen molar-refractivity contribution in [3.05, 3.63) is 27.5 Å². The number of ether oxygens (including phenoxy) is 1. The van der Waals surface area contributed by atoms with Crippen molar-refractivity contribution < 1.29 is 14.6 Å². The van der Waals surface area contributed by atoms with Gasteiger partial charge in [0.25, 0.3) is 0 Å². The monoisotopic (exact) mass is 305 g/mol. The van der Waals surface area contributed by atoms with Crippen molar-refractivity contribution in [2.45, 2.75) is 72.4 Å². The fourth-order valence-electron chi connectivity index (χ4n) is 2.80. The summed E-state index contributed by atoms with van der Waals surface area (Å²) >= 11 is 0. The van der Waals surface area contributed by atoms with Crippen LogP contribution >= 0.6 is 0 Å². The summed E-state index contributed by atoms with van der Waals surface area (Å²) in [5.74, 6) is 1.17. The number of phenolic OH excluding ortho intramolecular Hbond substituents is 1. The molecule has 122 valence electrons. The van der Waals surface area contributed by atoms with Crippen LogP contribution in [0.5, 0.6) is 11.5 Å². The van der Waals surface area contributed by atoms with E-state index in [9.17, 15) is 10.3 Å². The van der Waals surface area contributed by atoms with Gasteiger partial charge in [-0.25, -0.2) is 4.74 Å². The molecule has 0 spiro atoms. The van der Waals surface area contributed by atoms with Crippen LogP contribution in [0.25, 0.3) is 0 Å². The Morgan fingerprint density at radius 1 is 1.18 bits per heavy atom. The molecule has 1 aliphatic heterocycles. The Morgan fingerprint density at radius 2 is 1.77 bits per heavy atom. The van der Waals surface area contributed by atoms with Crippen LogP contribution in [0.1, 0.15) is 56.4 Å². The summed E-state index contributed by atoms with van der Waals surface area (Å²) in [7, 11) is 0. The van der Waals surface area contributed by atoms with Crippen molar-refractivity contribution in [2.75, 3.05) is 0 Å². The first-order valence-corrected chi connectivity index (χ1v) is 7.79. The summed E-state index contributed by atoms with van der Waals surface area (Å²) in [5.41, 5.74) is 2.63. The quantitative estimate of drug-likeness (QED) is 0.372. The molecular formula is C18H27NO3. The van der Waals surface area contributed by atoms with Gasteiger partial charge < -0.3 is 15.1 Å². The zero-order valence-electron chi connectivity index (χ0n) is 14.7. The lowest BCUT2D eigenvalue weighted by Gasteiger charge is -2.35. The van der Waals surface area contributed by atoms with Crippen LogP contribution in [0, 0.1) is 26.0 Å². The lowest BCUT2D eigenvalue weighted by molar-refractivity contribution is -0.534. The molecule has 1 unspecified atom stereocenters. The van der Waals surface area contributed by atoms with E-state index in [1.807, 2.05) is 48.5 Å². The average Bonchev–Trinajstić information content (AvgIpc) is 2.41. The van der Waals surface area contributed by atoms with Gasteiger partial charge in [0, 0.05) is 32.8 Å². The first-order valence-electron chi connectivity index (χ1n) is 7.79. The maximum absolute atomic E-state index is 12.3. The molecule has 0 saturated carbocycles. The third-order valence-corrected chi connectivity index (χ3v) is 4.60. The summed E-state index contributed by atoms with van der Waals surface area (Å²) in [6.07, 6.45) is 3.16. The molecule has 1 heterocycles. The molecule has 0 radical (unpaired) electrons. The number of nitrogens with zero attached hydrogens (tertiary/aromatic N) is 1. The number of fused-ring (bicyclic) bond motifs is 1. The van der Waals surface area contributed by atoms with Crippen molar-refractivity contribution in [1.82, 2.24) is 0 Å². The maximum atomic E-state index is 12.3. The number of rotatable bonds is 1. The van der Waals surface area contributed by atoms with E-state index in [0.29, 0.717) is 5.75 Å². The van der Waals surface area contributed by atoms with Gasteiger partial charge in [-0.15, -0.1) is 0 Å². The molecule has 0 saturated heterocycles. The molecule has 0 fully saturated rings.